The van der Waals surface area contributed by atoms with Gasteiger partial charge in [0.05, 0.1) is 6.42 Å². The second-order valence-electron chi connectivity index (χ2n) is 2.95. The highest BCUT2D eigenvalue weighted by atomic mass is 16.4. The number of amides is 1. The summed E-state index contributed by atoms with van der Waals surface area (Å²) in [7, 11) is 0. The molecule has 0 radical (unpaired) electrons. The molecule has 0 spiro atoms. The van der Waals surface area contributed by atoms with Gasteiger partial charge in [-0.05, 0) is 12.8 Å². The Labute approximate surface area is 78.3 Å². The molecule has 76 valence electrons. The molecule has 0 aliphatic heterocycles. The molecule has 0 rings (SSSR count). The number of hydrogen-bond acceptors (Lipinski definition) is 2. The topological polar surface area (TPSA) is 66.4 Å². The zero-order chi connectivity index (χ0) is 10.3. The number of nitrogens with one attached hydrogen (secondary N) is 1. The summed E-state index contributed by atoms with van der Waals surface area (Å²) in [6.07, 6.45) is 1.59. The van der Waals surface area contributed by atoms with Gasteiger partial charge in [-0.3, -0.25) is 9.59 Å². The number of carbonyl (C=O) groups is 2. The summed E-state index contributed by atoms with van der Waals surface area (Å²) in [4.78, 5) is 21.4. The number of rotatable bonds is 6. The van der Waals surface area contributed by atoms with Gasteiger partial charge in [-0.1, -0.05) is 13.8 Å². The zero-order valence-corrected chi connectivity index (χ0v) is 8.17. The van der Waals surface area contributed by atoms with Crippen molar-refractivity contribution in [3.05, 3.63) is 0 Å². The van der Waals surface area contributed by atoms with E-state index >= 15 is 0 Å². The van der Waals surface area contributed by atoms with Gasteiger partial charge in [0, 0.05) is 12.5 Å². The fraction of sp³-hybridized carbons (Fsp3) is 0.778. The summed E-state index contributed by atoms with van der Waals surface area (Å²) >= 11 is 0. The monoisotopic (exact) mass is 187 g/mol. The minimum absolute atomic E-state index is 0.00805. The second-order valence-corrected chi connectivity index (χ2v) is 2.95. The van der Waals surface area contributed by atoms with Gasteiger partial charge in [-0.2, -0.15) is 0 Å². The van der Waals surface area contributed by atoms with E-state index in [0.717, 1.165) is 12.8 Å². The van der Waals surface area contributed by atoms with Gasteiger partial charge in [0.2, 0.25) is 5.91 Å². The summed E-state index contributed by atoms with van der Waals surface area (Å²) < 4.78 is 0. The Kier molecular flexibility index (Phi) is 5.93. The van der Waals surface area contributed by atoms with Gasteiger partial charge in [0.1, 0.15) is 0 Å². The summed E-state index contributed by atoms with van der Waals surface area (Å²) in [6.45, 7) is 4.13. The van der Waals surface area contributed by atoms with Crippen molar-refractivity contribution in [2.75, 3.05) is 6.54 Å². The Bertz CT molecular complexity index is 176. The lowest BCUT2D eigenvalue weighted by atomic mass is 10.0. The van der Waals surface area contributed by atoms with Gasteiger partial charge in [-0.15, -0.1) is 0 Å². The predicted molar refractivity (Wildman–Crippen MR) is 49.3 cm³/mol. The second kappa shape index (κ2) is 6.46. The third kappa shape index (κ3) is 5.22. The Morgan fingerprint density at radius 2 is 1.85 bits per heavy atom. The summed E-state index contributed by atoms with van der Waals surface area (Å²) in [5, 5.41) is 10.9. The standard InChI is InChI=1S/C9H17NO3/c1-3-7(4-2)9(13)10-6-5-8(11)12/h7H,3-6H2,1-2H3,(H,10,13)(H,11,12). The minimum atomic E-state index is -0.884. The average Bonchev–Trinajstić information content (AvgIpc) is 2.05. The van der Waals surface area contributed by atoms with Crippen LogP contribution in [0.3, 0.4) is 0 Å². The Balaban J connectivity index is 3.66. The van der Waals surface area contributed by atoms with Crippen LogP contribution in [0.4, 0.5) is 0 Å². The van der Waals surface area contributed by atoms with Crippen LogP contribution in [-0.2, 0) is 9.59 Å². The highest BCUT2D eigenvalue weighted by Crippen LogP contribution is 2.06. The molecule has 0 aromatic carbocycles. The quantitative estimate of drug-likeness (QED) is 0.652. The van der Waals surface area contributed by atoms with E-state index in [1.54, 1.807) is 0 Å². The molecule has 0 unspecified atom stereocenters. The van der Waals surface area contributed by atoms with Crippen molar-refractivity contribution in [1.29, 1.82) is 0 Å². The molecule has 0 aliphatic rings. The van der Waals surface area contributed by atoms with E-state index in [1.165, 1.54) is 0 Å². The lowest BCUT2D eigenvalue weighted by Crippen LogP contribution is -2.31. The molecule has 0 bridgehead atoms. The third-order valence-electron chi connectivity index (χ3n) is 1.99. The molecule has 4 nitrogen and oxygen atoms in total. The van der Waals surface area contributed by atoms with Crippen molar-refractivity contribution in [3.63, 3.8) is 0 Å². The molecule has 0 aliphatic carbocycles. The first-order chi connectivity index (χ1) is 6.11. The molecular formula is C9H17NO3. The average molecular weight is 187 g/mol. The number of aliphatic carboxylic acids is 1. The number of hydrogen-bond donors (Lipinski definition) is 2. The van der Waals surface area contributed by atoms with Gasteiger partial charge < -0.3 is 10.4 Å². The normalized spacial score (nSPS) is 10.1. The largest absolute Gasteiger partial charge is 0.481 e. The molecule has 0 aromatic rings. The first-order valence-corrected chi connectivity index (χ1v) is 4.61. The fourth-order valence-corrected chi connectivity index (χ4v) is 1.10. The Morgan fingerprint density at radius 3 is 2.23 bits per heavy atom. The van der Waals surface area contributed by atoms with E-state index in [-0.39, 0.29) is 24.8 Å². The lowest BCUT2D eigenvalue weighted by molar-refractivity contribution is -0.137. The molecule has 0 heterocycles. The maximum atomic E-state index is 11.3. The van der Waals surface area contributed by atoms with Crippen LogP contribution in [0.5, 0.6) is 0 Å². The maximum absolute atomic E-state index is 11.3. The van der Waals surface area contributed by atoms with Crippen LogP contribution in [0, 0.1) is 5.92 Å². The smallest absolute Gasteiger partial charge is 0.305 e. The first-order valence-electron chi connectivity index (χ1n) is 4.61. The molecule has 1 amide bonds. The van der Waals surface area contributed by atoms with Crippen molar-refractivity contribution in [2.24, 2.45) is 5.92 Å². The summed E-state index contributed by atoms with van der Waals surface area (Å²) in [5.74, 6) is -0.898. The van der Waals surface area contributed by atoms with Crippen LogP contribution in [0.25, 0.3) is 0 Å². The van der Waals surface area contributed by atoms with Gasteiger partial charge in [-0.25, -0.2) is 0 Å². The summed E-state index contributed by atoms with van der Waals surface area (Å²) in [6, 6.07) is 0. The SMILES string of the molecule is CCC(CC)C(=O)NCCC(=O)O. The number of carboxylic acid groups (broad SMARTS) is 1. The maximum Gasteiger partial charge on any atom is 0.305 e. The molecule has 13 heavy (non-hydrogen) atoms. The van der Waals surface area contributed by atoms with Gasteiger partial charge in [0.15, 0.2) is 0 Å². The molecule has 0 aromatic heterocycles. The van der Waals surface area contributed by atoms with E-state index in [2.05, 4.69) is 5.32 Å². The van der Waals surface area contributed by atoms with Gasteiger partial charge in [0.25, 0.3) is 0 Å². The highest BCUT2D eigenvalue weighted by Gasteiger charge is 2.13. The van der Waals surface area contributed by atoms with E-state index < -0.39 is 5.97 Å². The third-order valence-corrected chi connectivity index (χ3v) is 1.99. The zero-order valence-electron chi connectivity index (χ0n) is 8.17. The van der Waals surface area contributed by atoms with Gasteiger partial charge >= 0.3 is 5.97 Å². The molecule has 4 heteroatoms. The van der Waals surface area contributed by atoms with E-state index in [1.807, 2.05) is 13.8 Å². The van der Waals surface area contributed by atoms with E-state index in [9.17, 15) is 9.59 Å². The highest BCUT2D eigenvalue weighted by molar-refractivity contribution is 5.79. The Hall–Kier alpha value is -1.06. The van der Waals surface area contributed by atoms with E-state index in [4.69, 9.17) is 5.11 Å². The van der Waals surface area contributed by atoms with Crippen LogP contribution >= 0.6 is 0 Å². The van der Waals surface area contributed by atoms with Crippen LogP contribution < -0.4 is 5.32 Å². The predicted octanol–water partition coefficient (Wildman–Crippen LogP) is 1.01. The Morgan fingerprint density at radius 1 is 1.31 bits per heavy atom. The molecule has 0 atom stereocenters. The van der Waals surface area contributed by atoms with Crippen LogP contribution in [0.1, 0.15) is 33.1 Å². The number of carboxylic acids is 1. The minimum Gasteiger partial charge on any atom is -0.481 e. The first kappa shape index (κ1) is 11.9. The van der Waals surface area contributed by atoms with E-state index in [0.29, 0.717) is 0 Å². The summed E-state index contributed by atoms with van der Waals surface area (Å²) in [5.41, 5.74) is 0. The molecular weight excluding hydrogens is 170 g/mol. The molecule has 0 saturated carbocycles. The molecule has 2 N–H and O–H groups in total. The van der Waals surface area contributed by atoms with Crippen molar-refractivity contribution in [3.8, 4) is 0 Å². The van der Waals surface area contributed by atoms with Crippen molar-refractivity contribution >= 4 is 11.9 Å². The molecule has 0 fully saturated rings. The molecule has 0 saturated heterocycles. The van der Waals surface area contributed by atoms with Crippen LogP contribution in [-0.4, -0.2) is 23.5 Å². The van der Waals surface area contributed by atoms with Crippen molar-refractivity contribution in [1.82, 2.24) is 5.32 Å². The number of carbonyl (C=O) groups excluding carboxylic acids is 1. The fourth-order valence-electron chi connectivity index (χ4n) is 1.10. The lowest BCUT2D eigenvalue weighted by Gasteiger charge is -2.11. The van der Waals surface area contributed by atoms with Crippen LogP contribution in [0.15, 0.2) is 0 Å². The van der Waals surface area contributed by atoms with Crippen molar-refractivity contribution in [2.45, 2.75) is 33.1 Å². The van der Waals surface area contributed by atoms with Crippen LogP contribution in [0.2, 0.25) is 0 Å². The van der Waals surface area contributed by atoms with Crippen molar-refractivity contribution < 1.29 is 14.7 Å².